The zero-order valence-corrected chi connectivity index (χ0v) is 15.3. The molecule has 0 spiro atoms. The normalized spacial score (nSPS) is 16.2. The van der Waals surface area contributed by atoms with Crippen LogP contribution in [-0.2, 0) is 0 Å². The molecule has 5 heteroatoms. The molecule has 2 heterocycles. The molecule has 0 bridgehead atoms. The fraction of sp³-hybridized carbons (Fsp3) is 0.450. The quantitative estimate of drug-likeness (QED) is 0.762. The second-order valence-electron chi connectivity index (χ2n) is 8.14. The van der Waals surface area contributed by atoms with Crippen molar-refractivity contribution in [2.75, 3.05) is 5.32 Å². The number of nitrogens with one attached hydrogen (secondary N) is 1. The van der Waals surface area contributed by atoms with Crippen molar-refractivity contribution in [3.8, 4) is 0 Å². The molecule has 1 aliphatic rings. The lowest BCUT2D eigenvalue weighted by molar-refractivity contribution is 0.346. The number of nitrogens with zero attached hydrogens (tertiary/aromatic N) is 4. The largest absolute Gasteiger partial charge is 0.363 e. The zero-order chi connectivity index (χ0) is 17.6. The van der Waals surface area contributed by atoms with Crippen LogP contribution in [0.3, 0.4) is 0 Å². The van der Waals surface area contributed by atoms with Gasteiger partial charge in [0.2, 0.25) is 0 Å². The zero-order valence-electron chi connectivity index (χ0n) is 15.3. The first-order valence-electron chi connectivity index (χ1n) is 8.95. The van der Waals surface area contributed by atoms with Crippen LogP contribution in [0.1, 0.15) is 62.4 Å². The predicted molar refractivity (Wildman–Crippen MR) is 99.8 cm³/mol. The summed E-state index contributed by atoms with van der Waals surface area (Å²) < 4.78 is 1.77. The Hall–Kier alpha value is -2.43. The van der Waals surface area contributed by atoms with E-state index in [-0.39, 0.29) is 11.5 Å². The highest BCUT2D eigenvalue weighted by atomic mass is 15.4. The minimum Gasteiger partial charge on any atom is -0.363 e. The maximum Gasteiger partial charge on any atom is 0.254 e. The van der Waals surface area contributed by atoms with Crippen LogP contribution in [0.25, 0.3) is 5.78 Å². The summed E-state index contributed by atoms with van der Waals surface area (Å²) in [5.41, 5.74) is 3.74. The van der Waals surface area contributed by atoms with Crippen LogP contribution < -0.4 is 5.32 Å². The molecule has 0 saturated heterocycles. The van der Waals surface area contributed by atoms with E-state index in [1.165, 1.54) is 24.0 Å². The van der Waals surface area contributed by atoms with Gasteiger partial charge in [-0.1, -0.05) is 45.0 Å². The highest BCUT2D eigenvalue weighted by Crippen LogP contribution is 2.41. The Morgan fingerprint density at radius 3 is 2.52 bits per heavy atom. The van der Waals surface area contributed by atoms with E-state index in [1.807, 2.05) is 13.0 Å². The Morgan fingerprint density at radius 1 is 1.16 bits per heavy atom. The van der Waals surface area contributed by atoms with Crippen LogP contribution in [-0.4, -0.2) is 19.6 Å². The number of benzene rings is 1. The third-order valence-corrected chi connectivity index (χ3v) is 4.86. The van der Waals surface area contributed by atoms with Gasteiger partial charge >= 0.3 is 0 Å². The Bertz CT molecular complexity index is 885. The topological polar surface area (TPSA) is 55.1 Å². The van der Waals surface area contributed by atoms with E-state index in [0.29, 0.717) is 5.78 Å². The number of anilines is 1. The van der Waals surface area contributed by atoms with E-state index in [2.05, 4.69) is 65.4 Å². The summed E-state index contributed by atoms with van der Waals surface area (Å²) >= 11 is 0. The predicted octanol–water partition coefficient (Wildman–Crippen LogP) is 4.51. The summed E-state index contributed by atoms with van der Waals surface area (Å²) in [5.74, 6) is 2.33. The van der Waals surface area contributed by atoms with Gasteiger partial charge in [-0.05, 0) is 42.2 Å². The molecule has 1 fully saturated rings. The minimum absolute atomic E-state index is 0.0468. The van der Waals surface area contributed by atoms with E-state index in [9.17, 15) is 0 Å². The molecule has 1 aromatic carbocycles. The van der Waals surface area contributed by atoms with Gasteiger partial charge in [0.05, 0.1) is 6.04 Å². The summed E-state index contributed by atoms with van der Waals surface area (Å²) in [7, 11) is 0. The molecule has 1 atom stereocenters. The van der Waals surface area contributed by atoms with Gasteiger partial charge < -0.3 is 5.32 Å². The van der Waals surface area contributed by atoms with Gasteiger partial charge in [-0.2, -0.15) is 14.6 Å². The molecule has 0 amide bonds. The van der Waals surface area contributed by atoms with Crippen molar-refractivity contribution in [3.05, 3.63) is 53.5 Å². The molecule has 25 heavy (non-hydrogen) atoms. The number of rotatable bonds is 4. The van der Waals surface area contributed by atoms with Crippen molar-refractivity contribution in [2.45, 2.75) is 52.5 Å². The Balaban J connectivity index is 1.70. The van der Waals surface area contributed by atoms with Crippen LogP contribution in [0.2, 0.25) is 0 Å². The fourth-order valence-electron chi connectivity index (χ4n) is 3.36. The molecule has 1 N–H and O–H groups in total. The number of hydrogen-bond donors (Lipinski definition) is 1. The van der Waals surface area contributed by atoms with Crippen LogP contribution in [0.15, 0.2) is 36.7 Å². The third kappa shape index (κ3) is 3.23. The second kappa shape index (κ2) is 5.83. The second-order valence-corrected chi connectivity index (χ2v) is 8.14. The van der Waals surface area contributed by atoms with Crippen molar-refractivity contribution in [1.82, 2.24) is 19.6 Å². The number of aromatic nitrogens is 4. The maximum absolute atomic E-state index is 4.43. The fourth-order valence-corrected chi connectivity index (χ4v) is 3.36. The van der Waals surface area contributed by atoms with Gasteiger partial charge in [0.15, 0.2) is 0 Å². The highest BCUT2D eigenvalue weighted by Gasteiger charge is 2.28. The third-order valence-electron chi connectivity index (χ3n) is 4.86. The highest BCUT2D eigenvalue weighted by molar-refractivity contribution is 5.47. The van der Waals surface area contributed by atoms with E-state index in [0.717, 1.165) is 17.4 Å². The lowest BCUT2D eigenvalue weighted by atomic mass is 9.82. The first kappa shape index (κ1) is 16.1. The first-order chi connectivity index (χ1) is 11.9. The Kier molecular flexibility index (Phi) is 3.74. The Labute approximate surface area is 148 Å². The van der Waals surface area contributed by atoms with Crippen molar-refractivity contribution in [1.29, 1.82) is 0 Å². The van der Waals surface area contributed by atoms with Gasteiger partial charge in [-0.15, -0.1) is 0 Å². The maximum atomic E-state index is 4.43. The average Bonchev–Trinajstić information content (AvgIpc) is 3.30. The molecular formula is C20H25N5. The summed E-state index contributed by atoms with van der Waals surface area (Å²) in [6.07, 6.45) is 4.21. The van der Waals surface area contributed by atoms with Gasteiger partial charge in [0.1, 0.15) is 12.1 Å². The van der Waals surface area contributed by atoms with Crippen LogP contribution in [0, 0.1) is 12.3 Å². The van der Waals surface area contributed by atoms with Gasteiger partial charge in [0.25, 0.3) is 5.78 Å². The van der Waals surface area contributed by atoms with E-state index in [4.69, 9.17) is 0 Å². The molecule has 4 rings (SSSR count). The standard InChI is InChI=1S/C20H25N5/c1-13-11-17(25-19(23-13)21-12-22-25)24-18(20(2,3)4)16-9-7-15(8-10-16)14-5-6-14/h7-12,14,18,24H,5-6H2,1-4H3. The molecule has 1 saturated carbocycles. The molecule has 130 valence electrons. The van der Waals surface area contributed by atoms with Crippen molar-refractivity contribution in [3.63, 3.8) is 0 Å². The van der Waals surface area contributed by atoms with Crippen LogP contribution in [0.5, 0.6) is 0 Å². The summed E-state index contributed by atoms with van der Waals surface area (Å²) in [6.45, 7) is 8.75. The number of aryl methyl sites for hydroxylation is 1. The lowest BCUT2D eigenvalue weighted by Crippen LogP contribution is -2.27. The SMILES string of the molecule is Cc1cc(NC(c2ccc(C3CC3)cc2)C(C)(C)C)n2ncnc2n1. The van der Waals surface area contributed by atoms with E-state index >= 15 is 0 Å². The van der Waals surface area contributed by atoms with E-state index < -0.39 is 0 Å². The smallest absolute Gasteiger partial charge is 0.254 e. The average molecular weight is 335 g/mol. The minimum atomic E-state index is 0.0468. The van der Waals surface area contributed by atoms with Crippen LogP contribution >= 0.6 is 0 Å². The van der Waals surface area contributed by atoms with Crippen molar-refractivity contribution >= 4 is 11.6 Å². The monoisotopic (exact) mass is 335 g/mol. The van der Waals surface area contributed by atoms with Crippen LogP contribution in [0.4, 0.5) is 5.82 Å². The number of hydrogen-bond acceptors (Lipinski definition) is 4. The molecule has 0 radical (unpaired) electrons. The number of fused-ring (bicyclic) bond motifs is 1. The summed E-state index contributed by atoms with van der Waals surface area (Å²) in [4.78, 5) is 8.65. The Morgan fingerprint density at radius 2 is 1.88 bits per heavy atom. The molecule has 5 nitrogen and oxygen atoms in total. The molecule has 3 aromatic rings. The van der Waals surface area contributed by atoms with Gasteiger partial charge in [-0.3, -0.25) is 0 Å². The van der Waals surface area contributed by atoms with Crippen molar-refractivity contribution < 1.29 is 0 Å². The lowest BCUT2D eigenvalue weighted by Gasteiger charge is -2.33. The molecule has 2 aromatic heterocycles. The summed E-state index contributed by atoms with van der Waals surface area (Å²) in [5, 5.41) is 8.00. The summed E-state index contributed by atoms with van der Waals surface area (Å²) in [6, 6.07) is 11.3. The van der Waals surface area contributed by atoms with Gasteiger partial charge in [0, 0.05) is 11.8 Å². The van der Waals surface area contributed by atoms with E-state index in [1.54, 1.807) is 10.8 Å². The van der Waals surface area contributed by atoms with Crippen molar-refractivity contribution in [2.24, 2.45) is 5.41 Å². The van der Waals surface area contributed by atoms with Gasteiger partial charge in [-0.25, -0.2) is 4.98 Å². The molecular weight excluding hydrogens is 310 g/mol. The first-order valence-corrected chi connectivity index (χ1v) is 8.95. The molecule has 0 aliphatic heterocycles. The molecule has 1 unspecified atom stereocenters. The molecule has 1 aliphatic carbocycles.